The van der Waals surface area contributed by atoms with Crippen LogP contribution in [0.2, 0.25) is 0 Å². The van der Waals surface area contributed by atoms with Crippen molar-refractivity contribution in [3.63, 3.8) is 0 Å². The van der Waals surface area contributed by atoms with E-state index in [1.165, 1.54) is 12.1 Å². The van der Waals surface area contributed by atoms with E-state index in [-0.39, 0.29) is 16.2 Å². The zero-order valence-electron chi connectivity index (χ0n) is 20.1. The molecule has 0 saturated heterocycles. The Morgan fingerprint density at radius 1 is 1.02 bits per heavy atom. The van der Waals surface area contributed by atoms with E-state index in [2.05, 4.69) is 0 Å². The van der Waals surface area contributed by atoms with Gasteiger partial charge in [-0.15, -0.1) is 0 Å². The third-order valence-corrected chi connectivity index (χ3v) is 7.51. The Kier molecular flexibility index (Phi) is 7.39. The zero-order valence-corrected chi connectivity index (χ0v) is 21.0. The molecule has 4 rings (SSSR count). The Balaban J connectivity index is 1.66. The summed E-state index contributed by atoms with van der Waals surface area (Å²) in [6.07, 6.45) is -5.14. The topological polar surface area (TPSA) is 139 Å². The molecule has 0 aliphatic heterocycles. The number of nitro groups is 1. The zero-order chi connectivity index (χ0) is 29.3. The highest BCUT2D eigenvalue weighted by atomic mass is 32.2. The van der Waals surface area contributed by atoms with E-state index >= 15 is 0 Å². The number of rotatable bonds is 7. The summed E-state index contributed by atoms with van der Waals surface area (Å²) in [6.45, 7) is 0. The van der Waals surface area contributed by atoms with Gasteiger partial charge in [0.2, 0.25) is 5.91 Å². The number of phenols is 1. The van der Waals surface area contributed by atoms with E-state index in [1.54, 1.807) is 18.2 Å². The molecule has 0 bridgehead atoms. The average molecular weight is 578 g/mol. The lowest BCUT2D eigenvalue weighted by Crippen LogP contribution is -2.48. The van der Waals surface area contributed by atoms with Crippen molar-refractivity contribution in [1.29, 1.82) is 0 Å². The maximum Gasteiger partial charge on any atom is 0.407 e. The van der Waals surface area contributed by atoms with E-state index in [0.717, 1.165) is 48.5 Å². The van der Waals surface area contributed by atoms with Gasteiger partial charge in [0.1, 0.15) is 11.6 Å². The van der Waals surface area contributed by atoms with Crippen LogP contribution in [0.5, 0.6) is 5.75 Å². The number of halogens is 4. The second-order valence-electron chi connectivity index (χ2n) is 8.71. The molecular formula is C26H19F4N3O6S. The SMILES string of the molecule is O=C(Nc1ccc(O)c(NS(=O)(=O)c2ccc(F)cc2)c1)C1(C(F)(F)F)C=CC(c2ccccc2)=C([N+](=O)[O-])C1. The van der Waals surface area contributed by atoms with E-state index in [0.29, 0.717) is 11.6 Å². The van der Waals surface area contributed by atoms with Crippen molar-refractivity contribution in [2.24, 2.45) is 5.41 Å². The first-order chi connectivity index (χ1) is 18.7. The smallest absolute Gasteiger partial charge is 0.407 e. The van der Waals surface area contributed by atoms with Crippen molar-refractivity contribution in [1.82, 2.24) is 0 Å². The number of hydrogen-bond acceptors (Lipinski definition) is 6. The number of hydrogen-bond donors (Lipinski definition) is 3. The number of allylic oxidation sites excluding steroid dienone is 3. The molecule has 0 fully saturated rings. The maximum atomic E-state index is 14.4. The summed E-state index contributed by atoms with van der Waals surface area (Å²) in [7, 11) is -4.36. The summed E-state index contributed by atoms with van der Waals surface area (Å²) in [5, 5.41) is 23.9. The van der Waals surface area contributed by atoms with Crippen molar-refractivity contribution in [2.45, 2.75) is 17.5 Å². The van der Waals surface area contributed by atoms with Gasteiger partial charge in [0.05, 0.1) is 27.5 Å². The maximum absolute atomic E-state index is 14.4. The molecule has 3 aromatic rings. The number of carbonyl (C=O) groups is 1. The van der Waals surface area contributed by atoms with Crippen LogP contribution in [-0.2, 0) is 14.8 Å². The third-order valence-electron chi connectivity index (χ3n) is 6.13. The summed E-state index contributed by atoms with van der Waals surface area (Å²) >= 11 is 0. The number of amides is 1. The second kappa shape index (κ2) is 10.4. The Bertz CT molecular complexity index is 1640. The summed E-state index contributed by atoms with van der Waals surface area (Å²) in [4.78, 5) is 23.6. The largest absolute Gasteiger partial charge is 0.506 e. The lowest BCUT2D eigenvalue weighted by molar-refractivity contribution is -0.430. The first-order valence-electron chi connectivity index (χ1n) is 11.4. The van der Waals surface area contributed by atoms with Gasteiger partial charge in [-0.2, -0.15) is 13.2 Å². The lowest BCUT2D eigenvalue weighted by Gasteiger charge is -2.33. The molecule has 1 unspecified atom stereocenters. The lowest BCUT2D eigenvalue weighted by atomic mass is 9.75. The summed E-state index contributed by atoms with van der Waals surface area (Å²) in [5.74, 6) is -2.99. The van der Waals surface area contributed by atoms with Crippen LogP contribution < -0.4 is 10.0 Å². The van der Waals surface area contributed by atoms with Crippen molar-refractivity contribution in [3.05, 3.63) is 112 Å². The number of nitrogens with zero attached hydrogens (tertiary/aromatic N) is 1. The second-order valence-corrected chi connectivity index (χ2v) is 10.4. The number of alkyl halides is 3. The van der Waals surface area contributed by atoms with Crippen LogP contribution >= 0.6 is 0 Å². The fourth-order valence-electron chi connectivity index (χ4n) is 4.02. The number of sulfonamides is 1. The number of phenolic OH excluding ortho intramolecular Hbond substituents is 1. The van der Waals surface area contributed by atoms with Crippen molar-refractivity contribution < 1.29 is 40.8 Å². The van der Waals surface area contributed by atoms with Gasteiger partial charge in [0.15, 0.2) is 5.41 Å². The standard InChI is InChI=1S/C26H19F4N3O6S/c27-17-6-9-19(10-7-17)40(38,39)32-21-14-18(8-11-23(21)34)31-24(35)25(26(28,29)30)13-12-20(22(15-25)33(36)37)16-4-2-1-3-5-16/h1-14,32,34H,15H2,(H,31,35). The van der Waals surface area contributed by atoms with Gasteiger partial charge in [0.25, 0.3) is 15.7 Å². The summed E-state index contributed by atoms with van der Waals surface area (Å²) < 4.78 is 83.6. The molecule has 1 aliphatic carbocycles. The summed E-state index contributed by atoms with van der Waals surface area (Å²) in [5.41, 5.74) is -4.80. The van der Waals surface area contributed by atoms with E-state index in [1.807, 2.05) is 10.0 Å². The summed E-state index contributed by atoms with van der Waals surface area (Å²) in [6, 6.07) is 14.2. The highest BCUT2D eigenvalue weighted by molar-refractivity contribution is 7.92. The molecule has 1 aliphatic rings. The van der Waals surface area contributed by atoms with E-state index in [4.69, 9.17) is 0 Å². The normalized spacial score (nSPS) is 17.4. The van der Waals surface area contributed by atoms with Gasteiger partial charge in [-0.1, -0.05) is 42.5 Å². The molecule has 0 saturated carbocycles. The number of aromatic hydroxyl groups is 1. The van der Waals surface area contributed by atoms with Crippen LogP contribution in [0.1, 0.15) is 12.0 Å². The predicted molar refractivity (Wildman–Crippen MR) is 137 cm³/mol. The molecule has 0 spiro atoms. The fraction of sp³-hybridized carbons (Fsp3) is 0.115. The van der Waals surface area contributed by atoms with Gasteiger partial charge in [0, 0.05) is 5.69 Å². The Morgan fingerprint density at radius 2 is 1.68 bits per heavy atom. The quantitative estimate of drug-likeness (QED) is 0.112. The Hall–Kier alpha value is -4.72. The van der Waals surface area contributed by atoms with E-state index < -0.39 is 61.8 Å². The fourth-order valence-corrected chi connectivity index (χ4v) is 5.08. The van der Waals surface area contributed by atoms with Crippen molar-refractivity contribution >= 4 is 32.9 Å². The highest BCUT2D eigenvalue weighted by Crippen LogP contribution is 2.49. The molecule has 0 aromatic heterocycles. The predicted octanol–water partition coefficient (Wildman–Crippen LogP) is 5.47. The molecular weight excluding hydrogens is 558 g/mol. The highest BCUT2D eigenvalue weighted by Gasteiger charge is 2.61. The molecule has 9 nitrogen and oxygen atoms in total. The molecule has 3 N–H and O–H groups in total. The van der Waals surface area contributed by atoms with Gasteiger partial charge in [-0.25, -0.2) is 12.8 Å². The van der Waals surface area contributed by atoms with Crippen LogP contribution in [0.25, 0.3) is 5.57 Å². The van der Waals surface area contributed by atoms with Crippen LogP contribution in [-0.4, -0.2) is 30.5 Å². The van der Waals surface area contributed by atoms with Crippen LogP contribution in [0.4, 0.5) is 28.9 Å². The molecule has 14 heteroatoms. The molecule has 40 heavy (non-hydrogen) atoms. The molecule has 3 aromatic carbocycles. The van der Waals surface area contributed by atoms with Gasteiger partial charge in [-0.3, -0.25) is 19.6 Å². The van der Waals surface area contributed by atoms with Crippen LogP contribution in [0, 0.1) is 21.3 Å². The minimum absolute atomic E-state index is 0.0830. The molecule has 0 radical (unpaired) electrons. The number of benzene rings is 3. The Morgan fingerprint density at radius 3 is 2.27 bits per heavy atom. The van der Waals surface area contributed by atoms with Gasteiger partial charge in [-0.05, 0) is 48.0 Å². The first kappa shape index (κ1) is 28.3. The van der Waals surface area contributed by atoms with E-state index in [9.17, 15) is 46.0 Å². The Labute approximate surface area is 224 Å². The van der Waals surface area contributed by atoms with Crippen molar-refractivity contribution in [2.75, 3.05) is 10.0 Å². The van der Waals surface area contributed by atoms with Crippen LogP contribution in [0.15, 0.2) is 95.5 Å². The van der Waals surface area contributed by atoms with Crippen LogP contribution in [0.3, 0.4) is 0 Å². The molecule has 0 heterocycles. The molecule has 1 atom stereocenters. The average Bonchev–Trinajstić information content (AvgIpc) is 2.90. The number of anilines is 2. The van der Waals surface area contributed by atoms with Gasteiger partial charge < -0.3 is 10.4 Å². The monoisotopic (exact) mass is 577 g/mol. The molecule has 1 amide bonds. The number of nitrogens with one attached hydrogen (secondary N) is 2. The minimum atomic E-state index is -5.26. The minimum Gasteiger partial charge on any atom is -0.506 e. The third kappa shape index (κ3) is 5.52. The number of carbonyl (C=O) groups excluding carboxylic acids is 1. The first-order valence-corrected chi connectivity index (χ1v) is 12.8. The molecule has 208 valence electrons. The van der Waals surface area contributed by atoms with Crippen molar-refractivity contribution in [3.8, 4) is 5.75 Å². The van der Waals surface area contributed by atoms with Gasteiger partial charge >= 0.3 is 6.18 Å².